The first kappa shape index (κ1) is 19.8. The second-order valence-electron chi connectivity index (χ2n) is 6.11. The number of halogens is 1. The number of amides is 1. The smallest absolute Gasteiger partial charge is 0.234 e. The minimum atomic E-state index is -0.205. The molecule has 0 spiro atoms. The van der Waals surface area contributed by atoms with Crippen LogP contribution in [0.2, 0.25) is 5.02 Å². The van der Waals surface area contributed by atoms with Crippen molar-refractivity contribution in [3.63, 3.8) is 0 Å². The van der Waals surface area contributed by atoms with Crippen LogP contribution in [0.3, 0.4) is 0 Å². The van der Waals surface area contributed by atoms with Crippen molar-refractivity contribution in [3.05, 3.63) is 40.5 Å². The van der Waals surface area contributed by atoms with Crippen LogP contribution in [0.5, 0.6) is 11.5 Å². The number of fused-ring (bicyclic) bond motifs is 3. The van der Waals surface area contributed by atoms with Gasteiger partial charge in [-0.3, -0.25) is 9.20 Å². The SMILES string of the molecule is COc1cc(OC)c(NC(=O)CSc2nnc(C)n3c2cc2sccc23)cc1Cl. The number of aromatic nitrogens is 3. The van der Waals surface area contributed by atoms with Crippen molar-refractivity contribution < 1.29 is 14.3 Å². The number of carbonyl (C=O) groups is 1. The molecule has 0 aliphatic carbocycles. The Labute approximate surface area is 180 Å². The highest BCUT2D eigenvalue weighted by molar-refractivity contribution is 8.00. The first-order chi connectivity index (χ1) is 14.0. The van der Waals surface area contributed by atoms with Gasteiger partial charge in [0.25, 0.3) is 0 Å². The summed E-state index contributed by atoms with van der Waals surface area (Å²) >= 11 is 9.16. The number of nitrogens with zero attached hydrogens (tertiary/aromatic N) is 3. The maximum Gasteiger partial charge on any atom is 0.234 e. The fourth-order valence-electron chi connectivity index (χ4n) is 3.03. The quantitative estimate of drug-likeness (QED) is 0.432. The number of aryl methyl sites for hydroxylation is 1. The lowest BCUT2D eigenvalue weighted by molar-refractivity contribution is -0.113. The Kier molecular flexibility index (Phi) is 5.53. The van der Waals surface area contributed by atoms with E-state index < -0.39 is 0 Å². The van der Waals surface area contributed by atoms with Gasteiger partial charge in [0.2, 0.25) is 5.91 Å². The highest BCUT2D eigenvalue weighted by Gasteiger charge is 2.16. The summed E-state index contributed by atoms with van der Waals surface area (Å²) in [7, 11) is 3.04. The maximum atomic E-state index is 12.5. The fraction of sp³-hybridized carbons (Fsp3) is 0.211. The minimum Gasteiger partial charge on any atom is -0.495 e. The summed E-state index contributed by atoms with van der Waals surface area (Å²) < 4.78 is 13.7. The highest BCUT2D eigenvalue weighted by atomic mass is 35.5. The zero-order chi connectivity index (χ0) is 20.5. The largest absolute Gasteiger partial charge is 0.495 e. The van der Waals surface area contributed by atoms with E-state index in [0.717, 1.165) is 21.6 Å². The van der Waals surface area contributed by atoms with Gasteiger partial charge in [0.1, 0.15) is 22.3 Å². The van der Waals surface area contributed by atoms with Gasteiger partial charge in [-0.05, 0) is 30.5 Å². The zero-order valence-electron chi connectivity index (χ0n) is 15.9. The summed E-state index contributed by atoms with van der Waals surface area (Å²) in [5, 5.41) is 14.5. The van der Waals surface area contributed by atoms with Gasteiger partial charge in [-0.25, -0.2) is 0 Å². The standard InChI is InChI=1S/C19H17ClN4O3S2/c1-10-22-23-19(14-7-17-13(24(10)14)4-5-28-17)29-9-18(25)21-12-6-11(20)15(26-2)8-16(12)27-3/h4-8H,9H2,1-3H3,(H,21,25). The molecular formula is C19H17ClN4O3S2. The first-order valence-corrected chi connectivity index (χ1v) is 10.8. The maximum absolute atomic E-state index is 12.5. The van der Waals surface area contributed by atoms with E-state index >= 15 is 0 Å². The van der Waals surface area contributed by atoms with Crippen molar-refractivity contribution in [2.75, 3.05) is 25.3 Å². The minimum absolute atomic E-state index is 0.166. The molecule has 0 unspecified atom stereocenters. The summed E-state index contributed by atoms with van der Waals surface area (Å²) in [6.07, 6.45) is 0. The molecule has 1 aromatic carbocycles. The van der Waals surface area contributed by atoms with Crippen LogP contribution in [-0.4, -0.2) is 40.5 Å². The van der Waals surface area contributed by atoms with E-state index in [1.165, 1.54) is 26.0 Å². The van der Waals surface area contributed by atoms with E-state index in [0.29, 0.717) is 27.2 Å². The molecule has 0 radical (unpaired) electrons. The van der Waals surface area contributed by atoms with Gasteiger partial charge in [-0.1, -0.05) is 23.4 Å². The molecule has 1 N–H and O–H groups in total. The third kappa shape index (κ3) is 3.73. The second-order valence-corrected chi connectivity index (χ2v) is 8.43. The lowest BCUT2D eigenvalue weighted by Crippen LogP contribution is -2.15. The lowest BCUT2D eigenvalue weighted by atomic mass is 10.2. The Bertz CT molecular complexity index is 1220. The van der Waals surface area contributed by atoms with Gasteiger partial charge < -0.3 is 14.8 Å². The third-order valence-electron chi connectivity index (χ3n) is 4.34. The lowest BCUT2D eigenvalue weighted by Gasteiger charge is -2.13. The van der Waals surface area contributed by atoms with Gasteiger partial charge in [-0.15, -0.1) is 21.5 Å². The topological polar surface area (TPSA) is 77.8 Å². The number of methoxy groups -OCH3 is 2. The molecule has 3 heterocycles. The summed E-state index contributed by atoms with van der Waals surface area (Å²) in [5.74, 6) is 1.71. The summed E-state index contributed by atoms with van der Waals surface area (Å²) in [4.78, 5) is 12.5. The molecule has 0 aliphatic rings. The Hall–Kier alpha value is -2.49. The number of thiophene rings is 1. The van der Waals surface area contributed by atoms with Gasteiger partial charge >= 0.3 is 0 Å². The third-order valence-corrected chi connectivity index (χ3v) is 6.46. The summed E-state index contributed by atoms with van der Waals surface area (Å²) in [5.41, 5.74) is 2.52. The van der Waals surface area contributed by atoms with Gasteiger partial charge in [0.15, 0.2) is 0 Å². The molecule has 4 aromatic rings. The number of carbonyl (C=O) groups excluding carboxylic acids is 1. The molecule has 3 aromatic heterocycles. The van der Waals surface area contributed by atoms with Crippen molar-refractivity contribution in [1.82, 2.24) is 14.6 Å². The van der Waals surface area contributed by atoms with E-state index in [-0.39, 0.29) is 11.7 Å². The average Bonchev–Trinajstić information content (AvgIpc) is 3.29. The van der Waals surface area contributed by atoms with E-state index in [1.807, 2.05) is 12.3 Å². The van der Waals surface area contributed by atoms with Crippen molar-refractivity contribution in [3.8, 4) is 11.5 Å². The molecule has 4 rings (SSSR count). The van der Waals surface area contributed by atoms with Crippen molar-refractivity contribution in [1.29, 1.82) is 0 Å². The first-order valence-electron chi connectivity index (χ1n) is 8.58. The van der Waals surface area contributed by atoms with Gasteiger partial charge in [-0.2, -0.15) is 0 Å². The van der Waals surface area contributed by atoms with Crippen molar-refractivity contribution >= 4 is 62.0 Å². The number of rotatable bonds is 6. The van der Waals surface area contributed by atoms with Crippen LogP contribution in [0, 0.1) is 6.92 Å². The molecule has 0 atom stereocenters. The van der Waals surface area contributed by atoms with Crippen LogP contribution in [0.4, 0.5) is 5.69 Å². The van der Waals surface area contributed by atoms with Crippen LogP contribution in [-0.2, 0) is 4.79 Å². The molecule has 1 amide bonds. The Morgan fingerprint density at radius 2 is 2.00 bits per heavy atom. The molecule has 0 saturated heterocycles. The van der Waals surface area contributed by atoms with Crippen LogP contribution < -0.4 is 14.8 Å². The second kappa shape index (κ2) is 8.10. The molecule has 7 nitrogen and oxygen atoms in total. The number of benzene rings is 1. The molecule has 0 saturated carbocycles. The summed E-state index contributed by atoms with van der Waals surface area (Å²) in [6, 6.07) is 7.37. The van der Waals surface area contributed by atoms with Crippen molar-refractivity contribution in [2.45, 2.75) is 11.9 Å². The van der Waals surface area contributed by atoms with E-state index in [4.69, 9.17) is 21.1 Å². The van der Waals surface area contributed by atoms with Crippen LogP contribution in [0.25, 0.3) is 15.7 Å². The normalized spacial score (nSPS) is 11.2. The van der Waals surface area contributed by atoms with Crippen LogP contribution >= 0.6 is 34.7 Å². The number of nitrogens with one attached hydrogen (secondary N) is 1. The van der Waals surface area contributed by atoms with Gasteiger partial charge in [0, 0.05) is 6.07 Å². The monoisotopic (exact) mass is 448 g/mol. The predicted octanol–water partition coefficient (Wildman–Crippen LogP) is 4.65. The number of anilines is 1. The van der Waals surface area contributed by atoms with E-state index in [1.54, 1.807) is 23.5 Å². The number of thioether (sulfide) groups is 1. The molecule has 29 heavy (non-hydrogen) atoms. The highest BCUT2D eigenvalue weighted by Crippen LogP contribution is 2.36. The Balaban J connectivity index is 1.53. The summed E-state index contributed by atoms with van der Waals surface area (Å²) in [6.45, 7) is 1.91. The molecule has 10 heteroatoms. The fourth-order valence-corrected chi connectivity index (χ4v) is 4.81. The molecule has 0 fully saturated rings. The number of hydrogen-bond acceptors (Lipinski definition) is 7. The molecule has 150 valence electrons. The molecule has 0 aliphatic heterocycles. The van der Waals surface area contributed by atoms with Crippen molar-refractivity contribution in [2.24, 2.45) is 0 Å². The van der Waals surface area contributed by atoms with E-state index in [9.17, 15) is 4.79 Å². The van der Waals surface area contributed by atoms with Crippen LogP contribution in [0.15, 0.2) is 34.7 Å². The van der Waals surface area contributed by atoms with E-state index in [2.05, 4.69) is 32.0 Å². The van der Waals surface area contributed by atoms with Gasteiger partial charge in [0.05, 0.1) is 46.4 Å². The number of hydrogen-bond donors (Lipinski definition) is 1. The van der Waals surface area contributed by atoms with Crippen LogP contribution in [0.1, 0.15) is 5.82 Å². The zero-order valence-corrected chi connectivity index (χ0v) is 18.2. The average molecular weight is 449 g/mol. The number of ether oxygens (including phenoxy) is 2. The molecule has 0 bridgehead atoms. The Morgan fingerprint density at radius 3 is 2.76 bits per heavy atom. The Morgan fingerprint density at radius 1 is 1.21 bits per heavy atom. The predicted molar refractivity (Wildman–Crippen MR) is 117 cm³/mol. The molecular weight excluding hydrogens is 432 g/mol.